The van der Waals surface area contributed by atoms with Crippen LogP contribution in [0.5, 0.6) is 0 Å². The molecular weight excluding hydrogens is 780 g/mol. The third-order valence-corrected chi connectivity index (χ3v) is 15.3. The standard InChI is InChI=1S/C59H37BN2S/c1-4-19-41(20-5-1)59(42-21-6-2-7-22-42)45-25-10-11-26-47(45)60-48-27-12-13-28-50(48)61(43-23-8-3-9-24-43)57-56(60)46(59)37-52-58(57)63-53-30-15-14-29-51(53)62(52)49-36-34-40-32-31-38-17-16-18-39-33-35-44(49)55(40)54(38)39/h1-37H. The molecule has 292 valence electrons. The first-order valence-corrected chi connectivity index (χ1v) is 22.7. The molecule has 3 aliphatic heterocycles. The van der Waals surface area contributed by atoms with Crippen LogP contribution < -0.4 is 26.2 Å². The molecule has 3 heterocycles. The van der Waals surface area contributed by atoms with Crippen molar-refractivity contribution in [2.75, 3.05) is 9.80 Å². The van der Waals surface area contributed by atoms with E-state index in [1.54, 1.807) is 0 Å². The van der Waals surface area contributed by atoms with Crippen LogP contribution in [0, 0.1) is 0 Å². The summed E-state index contributed by atoms with van der Waals surface area (Å²) in [6.07, 6.45) is 0. The van der Waals surface area contributed by atoms with Crippen LogP contribution in [0.4, 0.5) is 34.1 Å². The van der Waals surface area contributed by atoms with E-state index in [1.807, 2.05) is 11.8 Å². The molecule has 63 heavy (non-hydrogen) atoms. The molecule has 14 rings (SSSR count). The van der Waals surface area contributed by atoms with Gasteiger partial charge in [0, 0.05) is 21.7 Å². The third kappa shape index (κ3) is 4.71. The van der Waals surface area contributed by atoms with Crippen molar-refractivity contribution in [1.29, 1.82) is 0 Å². The van der Waals surface area contributed by atoms with Crippen molar-refractivity contribution < 1.29 is 0 Å². The van der Waals surface area contributed by atoms with Crippen molar-refractivity contribution in [3.63, 3.8) is 0 Å². The number of nitrogens with zero attached hydrogens (tertiary/aromatic N) is 2. The molecule has 2 nitrogen and oxygen atoms in total. The molecule has 0 amide bonds. The molecule has 0 radical (unpaired) electrons. The Morgan fingerprint density at radius 3 is 1.73 bits per heavy atom. The molecule has 4 heteroatoms. The van der Waals surface area contributed by atoms with E-state index in [1.165, 1.54) is 109 Å². The zero-order valence-electron chi connectivity index (χ0n) is 34.2. The normalized spacial score (nSPS) is 14.3. The Kier molecular flexibility index (Phi) is 7.38. The predicted molar refractivity (Wildman–Crippen MR) is 267 cm³/mol. The van der Waals surface area contributed by atoms with Crippen LogP contribution >= 0.6 is 11.8 Å². The fourth-order valence-electron chi connectivity index (χ4n) is 11.7. The number of hydrogen-bond acceptors (Lipinski definition) is 3. The lowest BCUT2D eigenvalue weighted by Gasteiger charge is -2.50. The first-order valence-electron chi connectivity index (χ1n) is 21.9. The average Bonchev–Trinajstić information content (AvgIpc) is 3.36. The summed E-state index contributed by atoms with van der Waals surface area (Å²) >= 11 is 1.92. The Bertz CT molecular complexity index is 3570. The van der Waals surface area contributed by atoms with Crippen LogP contribution in [0.15, 0.2) is 234 Å². The van der Waals surface area contributed by atoms with Crippen LogP contribution in [-0.4, -0.2) is 6.71 Å². The summed E-state index contributed by atoms with van der Waals surface area (Å²) in [5.41, 5.74) is 15.7. The summed E-state index contributed by atoms with van der Waals surface area (Å²) in [5, 5.41) is 7.70. The molecule has 11 aromatic carbocycles. The fourth-order valence-corrected chi connectivity index (χ4v) is 12.8. The molecule has 0 saturated heterocycles. The molecule has 11 aromatic rings. The van der Waals surface area contributed by atoms with Gasteiger partial charge in [0.15, 0.2) is 0 Å². The fraction of sp³-hybridized carbons (Fsp3) is 0.0169. The highest BCUT2D eigenvalue weighted by Crippen LogP contribution is 2.60. The second-order valence-electron chi connectivity index (χ2n) is 17.1. The molecule has 0 aliphatic carbocycles. The Balaban J connectivity index is 1.19. The molecule has 0 saturated carbocycles. The van der Waals surface area contributed by atoms with E-state index in [-0.39, 0.29) is 6.71 Å². The number of benzene rings is 11. The minimum atomic E-state index is -0.640. The number of hydrogen-bond donors (Lipinski definition) is 0. The van der Waals surface area contributed by atoms with Crippen LogP contribution in [0.25, 0.3) is 32.3 Å². The lowest BCUT2D eigenvalue weighted by molar-refractivity contribution is 0.749. The number of anilines is 6. The van der Waals surface area contributed by atoms with Gasteiger partial charge in [0.1, 0.15) is 0 Å². The highest BCUT2D eigenvalue weighted by Gasteiger charge is 2.53. The zero-order valence-corrected chi connectivity index (χ0v) is 35.1. The topological polar surface area (TPSA) is 6.48 Å². The minimum Gasteiger partial charge on any atom is -0.310 e. The smallest absolute Gasteiger partial charge is 0.247 e. The van der Waals surface area contributed by atoms with Gasteiger partial charge in [-0.3, -0.25) is 0 Å². The highest BCUT2D eigenvalue weighted by molar-refractivity contribution is 8.00. The van der Waals surface area contributed by atoms with Gasteiger partial charge in [-0.1, -0.05) is 199 Å². The Morgan fingerprint density at radius 1 is 0.397 bits per heavy atom. The Morgan fingerprint density at radius 2 is 0.984 bits per heavy atom. The Hall–Kier alpha value is -7.53. The molecule has 0 fully saturated rings. The SMILES string of the molecule is c1ccc(N2c3ccccc3B3c4ccccc4C(c4ccccc4)(c4ccccc4)c4cc5c(c2c43)Sc2ccccc2N5c2ccc3ccc4cccc5ccc2c3c45)cc1. The van der Waals surface area contributed by atoms with Gasteiger partial charge in [-0.2, -0.15) is 0 Å². The molecule has 0 bridgehead atoms. The number of para-hydroxylation sites is 3. The van der Waals surface area contributed by atoms with Gasteiger partial charge in [-0.05, 0) is 103 Å². The third-order valence-electron chi connectivity index (χ3n) is 14.1. The van der Waals surface area contributed by atoms with Crippen LogP contribution in [0.2, 0.25) is 0 Å². The largest absolute Gasteiger partial charge is 0.310 e. The highest BCUT2D eigenvalue weighted by atomic mass is 32.2. The number of fused-ring (bicyclic) bond motifs is 7. The van der Waals surface area contributed by atoms with Gasteiger partial charge in [0.05, 0.1) is 33.1 Å². The van der Waals surface area contributed by atoms with Crippen molar-refractivity contribution in [1.82, 2.24) is 0 Å². The lowest BCUT2D eigenvalue weighted by atomic mass is 9.29. The van der Waals surface area contributed by atoms with E-state index < -0.39 is 5.41 Å². The van der Waals surface area contributed by atoms with Gasteiger partial charge in [0.2, 0.25) is 6.71 Å². The molecule has 0 spiro atoms. The number of rotatable bonds is 4. The summed E-state index contributed by atoms with van der Waals surface area (Å²) in [7, 11) is 0. The van der Waals surface area contributed by atoms with E-state index in [9.17, 15) is 0 Å². The van der Waals surface area contributed by atoms with Gasteiger partial charge in [-0.15, -0.1) is 0 Å². The van der Waals surface area contributed by atoms with Crippen molar-refractivity contribution in [2.45, 2.75) is 15.2 Å². The summed E-state index contributed by atoms with van der Waals surface area (Å²) < 4.78 is 0. The molecule has 0 aromatic heterocycles. The van der Waals surface area contributed by atoms with E-state index in [0.29, 0.717) is 0 Å². The molecule has 3 aliphatic rings. The molecule has 0 atom stereocenters. The summed E-state index contributed by atoms with van der Waals surface area (Å²) in [4.78, 5) is 7.69. The van der Waals surface area contributed by atoms with E-state index >= 15 is 0 Å². The van der Waals surface area contributed by atoms with Crippen molar-refractivity contribution in [3.8, 4) is 0 Å². The maximum absolute atomic E-state index is 2.61. The maximum atomic E-state index is 2.61. The summed E-state index contributed by atoms with van der Waals surface area (Å²) in [6, 6.07) is 84.4. The van der Waals surface area contributed by atoms with Crippen molar-refractivity contribution in [3.05, 3.63) is 247 Å². The van der Waals surface area contributed by atoms with Crippen LogP contribution in [-0.2, 0) is 5.41 Å². The second kappa shape index (κ2) is 13.2. The van der Waals surface area contributed by atoms with Gasteiger partial charge < -0.3 is 9.80 Å². The molecule has 0 unspecified atom stereocenters. The first kappa shape index (κ1) is 35.1. The van der Waals surface area contributed by atoms with E-state index in [0.717, 1.165) is 5.69 Å². The monoisotopic (exact) mass is 816 g/mol. The first-order chi connectivity index (χ1) is 31.3. The average molecular weight is 817 g/mol. The van der Waals surface area contributed by atoms with Crippen LogP contribution in [0.3, 0.4) is 0 Å². The quantitative estimate of drug-likeness (QED) is 0.129. The predicted octanol–water partition coefficient (Wildman–Crippen LogP) is 13.5. The van der Waals surface area contributed by atoms with Gasteiger partial charge >= 0.3 is 0 Å². The van der Waals surface area contributed by atoms with Gasteiger partial charge in [-0.25, -0.2) is 0 Å². The van der Waals surface area contributed by atoms with E-state index in [2.05, 4.69) is 234 Å². The molecule has 0 N–H and O–H groups in total. The minimum absolute atomic E-state index is 0.00831. The molecular formula is C59H37BN2S. The van der Waals surface area contributed by atoms with Crippen LogP contribution in [0.1, 0.15) is 22.3 Å². The van der Waals surface area contributed by atoms with E-state index in [4.69, 9.17) is 0 Å². The van der Waals surface area contributed by atoms with Crippen molar-refractivity contribution >= 4 is 101 Å². The van der Waals surface area contributed by atoms with Crippen molar-refractivity contribution in [2.24, 2.45) is 0 Å². The lowest BCUT2D eigenvalue weighted by Crippen LogP contribution is -2.65. The summed E-state index contributed by atoms with van der Waals surface area (Å²) in [5.74, 6) is 0. The maximum Gasteiger partial charge on any atom is 0.247 e. The second-order valence-corrected chi connectivity index (χ2v) is 18.2. The van der Waals surface area contributed by atoms with Gasteiger partial charge in [0.25, 0.3) is 0 Å². The zero-order chi connectivity index (χ0) is 41.2. The Labute approximate surface area is 371 Å². The summed E-state index contributed by atoms with van der Waals surface area (Å²) in [6.45, 7) is 0.00831.